The van der Waals surface area contributed by atoms with E-state index in [-0.39, 0.29) is 17.5 Å². The standard InChI is InChI=1S/C18H22N2O3/c1-10-6-8-12(9-7-10)19-14-15(18(23)17(14)22)20-13-5-3-4-11(2)16(13)21/h3-5,10,12,19-21H,6-9H2,1-2H3. The van der Waals surface area contributed by atoms with Crippen LogP contribution in [0.2, 0.25) is 0 Å². The van der Waals surface area contributed by atoms with Crippen molar-refractivity contribution in [3.05, 3.63) is 44.2 Å². The molecule has 5 heteroatoms. The molecule has 0 atom stereocenters. The van der Waals surface area contributed by atoms with Crippen molar-refractivity contribution >= 4 is 17.1 Å². The molecule has 0 aliphatic heterocycles. The Hall–Kier alpha value is -2.30. The van der Waals surface area contributed by atoms with Crippen LogP contribution in [0.4, 0.5) is 17.1 Å². The van der Waals surface area contributed by atoms with Crippen molar-refractivity contribution in [2.24, 2.45) is 5.92 Å². The quantitative estimate of drug-likeness (QED) is 0.597. The van der Waals surface area contributed by atoms with Gasteiger partial charge in [0.1, 0.15) is 17.1 Å². The average molecular weight is 314 g/mol. The Morgan fingerprint density at radius 2 is 1.70 bits per heavy atom. The molecule has 0 unspecified atom stereocenters. The fourth-order valence-electron chi connectivity index (χ4n) is 3.15. The minimum absolute atomic E-state index is 0.0954. The zero-order valence-corrected chi connectivity index (χ0v) is 13.5. The highest BCUT2D eigenvalue weighted by Gasteiger charge is 2.26. The van der Waals surface area contributed by atoms with Crippen LogP contribution in [0.25, 0.3) is 0 Å². The predicted molar refractivity (Wildman–Crippen MR) is 92.5 cm³/mol. The van der Waals surface area contributed by atoms with E-state index in [0.29, 0.717) is 16.9 Å². The number of para-hydroxylation sites is 1. The molecule has 1 saturated carbocycles. The molecule has 0 radical (unpaired) electrons. The summed E-state index contributed by atoms with van der Waals surface area (Å²) >= 11 is 0. The molecule has 122 valence electrons. The highest BCUT2D eigenvalue weighted by atomic mass is 16.3. The van der Waals surface area contributed by atoms with Crippen molar-refractivity contribution in [2.45, 2.75) is 45.6 Å². The number of nitrogens with one attached hydrogen (secondary N) is 2. The van der Waals surface area contributed by atoms with Crippen LogP contribution in [-0.4, -0.2) is 11.1 Å². The molecule has 2 aromatic carbocycles. The second kappa shape index (κ2) is 6.07. The summed E-state index contributed by atoms with van der Waals surface area (Å²) in [4.78, 5) is 23.8. The van der Waals surface area contributed by atoms with Crippen LogP contribution in [0.1, 0.15) is 38.2 Å². The number of phenols is 1. The lowest BCUT2D eigenvalue weighted by atomic mass is 9.87. The van der Waals surface area contributed by atoms with Crippen LogP contribution in [-0.2, 0) is 0 Å². The van der Waals surface area contributed by atoms with E-state index in [1.165, 1.54) is 0 Å². The third-order valence-corrected chi connectivity index (χ3v) is 4.77. The minimum atomic E-state index is -0.530. The topological polar surface area (TPSA) is 78.4 Å². The van der Waals surface area contributed by atoms with Crippen molar-refractivity contribution in [2.75, 3.05) is 10.6 Å². The Balaban J connectivity index is 1.79. The Morgan fingerprint density at radius 1 is 1.04 bits per heavy atom. The fourth-order valence-corrected chi connectivity index (χ4v) is 3.15. The fraction of sp³-hybridized carbons (Fsp3) is 0.444. The first kappa shape index (κ1) is 15.6. The zero-order chi connectivity index (χ0) is 16.6. The predicted octanol–water partition coefficient (Wildman–Crippen LogP) is 3.03. The van der Waals surface area contributed by atoms with Crippen molar-refractivity contribution in [3.63, 3.8) is 0 Å². The molecule has 1 aliphatic carbocycles. The Morgan fingerprint density at radius 3 is 2.39 bits per heavy atom. The molecular weight excluding hydrogens is 292 g/mol. The van der Waals surface area contributed by atoms with E-state index in [1.54, 1.807) is 25.1 Å². The summed E-state index contributed by atoms with van der Waals surface area (Å²) in [6.07, 6.45) is 4.28. The average Bonchev–Trinajstić information content (AvgIpc) is 2.55. The summed E-state index contributed by atoms with van der Waals surface area (Å²) in [5, 5.41) is 16.2. The van der Waals surface area contributed by atoms with E-state index in [9.17, 15) is 14.7 Å². The van der Waals surface area contributed by atoms with Gasteiger partial charge in [0.15, 0.2) is 0 Å². The van der Waals surface area contributed by atoms with Crippen molar-refractivity contribution in [3.8, 4) is 5.75 Å². The molecule has 5 nitrogen and oxygen atoms in total. The second-order valence-corrected chi connectivity index (χ2v) is 6.61. The van der Waals surface area contributed by atoms with Crippen LogP contribution >= 0.6 is 0 Å². The van der Waals surface area contributed by atoms with Crippen LogP contribution < -0.4 is 21.5 Å². The first-order valence-corrected chi connectivity index (χ1v) is 8.12. The van der Waals surface area contributed by atoms with Crippen LogP contribution in [0.5, 0.6) is 5.75 Å². The van der Waals surface area contributed by atoms with Crippen LogP contribution in [0, 0.1) is 12.8 Å². The van der Waals surface area contributed by atoms with Gasteiger partial charge in [0, 0.05) is 6.04 Å². The highest BCUT2D eigenvalue weighted by Crippen LogP contribution is 2.32. The normalized spacial score (nSPS) is 21.3. The first-order chi connectivity index (χ1) is 11.0. The molecule has 3 rings (SSSR count). The molecule has 0 heterocycles. The van der Waals surface area contributed by atoms with Gasteiger partial charge in [0.05, 0.1) is 5.69 Å². The summed E-state index contributed by atoms with van der Waals surface area (Å²) in [6.45, 7) is 4.02. The second-order valence-electron chi connectivity index (χ2n) is 6.61. The molecule has 3 N–H and O–H groups in total. The van der Waals surface area contributed by atoms with Gasteiger partial charge in [-0.1, -0.05) is 19.1 Å². The van der Waals surface area contributed by atoms with Gasteiger partial charge in [0.2, 0.25) is 0 Å². The maximum Gasteiger partial charge on any atom is 0.253 e. The molecule has 1 aliphatic rings. The molecule has 1 fully saturated rings. The molecular formula is C18H22N2O3. The van der Waals surface area contributed by atoms with Gasteiger partial charge in [-0.2, -0.15) is 0 Å². The van der Waals surface area contributed by atoms with E-state index < -0.39 is 10.9 Å². The first-order valence-electron chi connectivity index (χ1n) is 8.12. The van der Waals surface area contributed by atoms with E-state index in [1.807, 2.05) is 0 Å². The largest absolute Gasteiger partial charge is 0.505 e. The number of aromatic hydroxyl groups is 1. The summed E-state index contributed by atoms with van der Waals surface area (Å²) < 4.78 is 0. The van der Waals surface area contributed by atoms with E-state index in [4.69, 9.17) is 0 Å². The maximum atomic E-state index is 11.9. The van der Waals surface area contributed by atoms with Crippen molar-refractivity contribution < 1.29 is 5.11 Å². The smallest absolute Gasteiger partial charge is 0.253 e. The Bertz CT molecular complexity index is 782. The number of benzene rings is 1. The lowest BCUT2D eigenvalue weighted by Gasteiger charge is -2.28. The van der Waals surface area contributed by atoms with Gasteiger partial charge in [-0.25, -0.2) is 0 Å². The van der Waals surface area contributed by atoms with E-state index in [0.717, 1.165) is 31.6 Å². The number of aryl methyl sites for hydroxylation is 1. The molecule has 0 aromatic heterocycles. The summed E-state index contributed by atoms with van der Waals surface area (Å²) in [7, 11) is 0. The lowest BCUT2D eigenvalue weighted by Crippen LogP contribution is -2.39. The van der Waals surface area contributed by atoms with Gasteiger partial charge in [-0.15, -0.1) is 0 Å². The van der Waals surface area contributed by atoms with Crippen molar-refractivity contribution in [1.29, 1.82) is 0 Å². The number of phenolic OH excluding ortho intramolecular Hbond substituents is 1. The van der Waals surface area contributed by atoms with Gasteiger partial charge in [0.25, 0.3) is 10.9 Å². The lowest BCUT2D eigenvalue weighted by molar-refractivity contribution is 0.361. The molecule has 0 saturated heterocycles. The van der Waals surface area contributed by atoms with E-state index >= 15 is 0 Å². The van der Waals surface area contributed by atoms with Gasteiger partial charge < -0.3 is 15.7 Å². The number of hydrogen-bond donors (Lipinski definition) is 3. The van der Waals surface area contributed by atoms with Gasteiger partial charge in [-0.05, 0) is 50.2 Å². The monoisotopic (exact) mass is 314 g/mol. The van der Waals surface area contributed by atoms with Crippen molar-refractivity contribution in [1.82, 2.24) is 0 Å². The highest BCUT2D eigenvalue weighted by molar-refractivity contribution is 5.80. The van der Waals surface area contributed by atoms with E-state index in [2.05, 4.69) is 17.6 Å². The third-order valence-electron chi connectivity index (χ3n) is 4.77. The number of anilines is 3. The summed E-state index contributed by atoms with van der Waals surface area (Å²) in [5.41, 5.74) is 0.766. The number of rotatable bonds is 4. The van der Waals surface area contributed by atoms with Gasteiger partial charge in [-0.3, -0.25) is 9.59 Å². The molecule has 0 amide bonds. The molecule has 2 aromatic rings. The van der Waals surface area contributed by atoms with Crippen LogP contribution in [0.15, 0.2) is 27.8 Å². The molecule has 23 heavy (non-hydrogen) atoms. The van der Waals surface area contributed by atoms with Crippen LogP contribution in [0.3, 0.4) is 0 Å². The molecule has 0 bridgehead atoms. The summed E-state index contributed by atoms with van der Waals surface area (Å²) in [5.74, 6) is 0.820. The zero-order valence-electron chi connectivity index (χ0n) is 13.5. The third kappa shape index (κ3) is 2.96. The number of hydrogen-bond acceptors (Lipinski definition) is 5. The molecule has 0 spiro atoms. The Labute approximate surface area is 135 Å². The minimum Gasteiger partial charge on any atom is -0.505 e. The van der Waals surface area contributed by atoms with Gasteiger partial charge >= 0.3 is 0 Å². The maximum absolute atomic E-state index is 11.9. The Kier molecular flexibility index (Phi) is 4.11. The SMILES string of the molecule is Cc1cccc(Nc2c(NC3CCC(C)CC3)c(=O)c2=O)c1O. The summed E-state index contributed by atoms with van der Waals surface area (Å²) in [6, 6.07) is 5.50.